The minimum atomic E-state index is -4.79. The largest absolute Gasteiger partial charge is 0.495 e. The second-order valence-electron chi connectivity index (χ2n) is 14.3. The lowest BCUT2D eigenvalue weighted by atomic mass is 9.91. The van der Waals surface area contributed by atoms with Crippen LogP contribution in [0, 0.1) is 21.4 Å². The fourth-order valence-corrected chi connectivity index (χ4v) is 6.36. The van der Waals surface area contributed by atoms with Crippen molar-refractivity contribution in [1.29, 1.82) is 0 Å². The Hall–Kier alpha value is -2.81. The van der Waals surface area contributed by atoms with Crippen molar-refractivity contribution < 1.29 is 22.8 Å². The maximum Gasteiger partial charge on any atom is 0.423 e. The van der Waals surface area contributed by atoms with Crippen LogP contribution in [-0.2, 0) is 10.9 Å². The number of nitrogens with zero attached hydrogens (tertiary/aromatic N) is 2. The number of hydrogen-bond acceptors (Lipinski definition) is 5. The highest BCUT2D eigenvalue weighted by Crippen LogP contribution is 2.38. The minimum absolute atomic E-state index is 0.0121. The van der Waals surface area contributed by atoms with E-state index in [1.807, 2.05) is 0 Å². The first kappa shape index (κ1) is 36.7. The topological polar surface area (TPSA) is 67.6 Å². The third-order valence-electron chi connectivity index (χ3n) is 8.82. The fourth-order valence-electron chi connectivity index (χ4n) is 6.36. The molecule has 1 saturated carbocycles. The Morgan fingerprint density at radius 1 is 1.09 bits per heavy atom. The van der Waals surface area contributed by atoms with Gasteiger partial charge in [-0.25, -0.2) is 0 Å². The molecule has 0 amide bonds. The van der Waals surface area contributed by atoms with Crippen molar-refractivity contribution in [2.24, 2.45) is 11.3 Å². The van der Waals surface area contributed by atoms with Crippen molar-refractivity contribution in [3.63, 3.8) is 0 Å². The Bertz CT molecular complexity index is 1210. The van der Waals surface area contributed by atoms with Crippen LogP contribution in [0.15, 0.2) is 53.3 Å². The van der Waals surface area contributed by atoms with E-state index in [9.17, 15) is 23.3 Å². The number of ether oxygens (including phenoxy) is 1. The molecule has 1 aromatic carbocycles. The quantitative estimate of drug-likeness (QED) is 0.163. The molecule has 1 aromatic rings. The van der Waals surface area contributed by atoms with Gasteiger partial charge in [0.2, 0.25) is 0 Å². The van der Waals surface area contributed by atoms with Crippen molar-refractivity contribution >= 4 is 11.4 Å². The van der Waals surface area contributed by atoms with Gasteiger partial charge in [-0.15, -0.1) is 0 Å². The summed E-state index contributed by atoms with van der Waals surface area (Å²) >= 11 is 0. The summed E-state index contributed by atoms with van der Waals surface area (Å²) in [7, 11) is 0. The third-order valence-corrected chi connectivity index (χ3v) is 8.82. The van der Waals surface area contributed by atoms with E-state index in [-0.39, 0.29) is 17.8 Å². The first-order valence-electron chi connectivity index (χ1n) is 16.7. The van der Waals surface area contributed by atoms with Crippen LogP contribution < -0.4 is 5.32 Å². The van der Waals surface area contributed by atoms with E-state index in [1.54, 1.807) is 0 Å². The summed E-state index contributed by atoms with van der Waals surface area (Å²) in [5.41, 5.74) is 1.26. The number of halogens is 3. The molecule has 1 atom stereocenters. The zero-order valence-corrected chi connectivity index (χ0v) is 28.1. The van der Waals surface area contributed by atoms with Crippen LogP contribution in [0.1, 0.15) is 111 Å². The van der Waals surface area contributed by atoms with E-state index in [1.165, 1.54) is 43.0 Å². The number of anilines is 1. The number of alkyl halides is 3. The predicted molar refractivity (Wildman–Crippen MR) is 177 cm³/mol. The van der Waals surface area contributed by atoms with Crippen LogP contribution in [0.3, 0.4) is 0 Å². The van der Waals surface area contributed by atoms with Gasteiger partial charge in [0.05, 0.1) is 16.8 Å². The summed E-state index contributed by atoms with van der Waals surface area (Å²) in [6, 6.07) is 3.10. The van der Waals surface area contributed by atoms with Crippen LogP contribution >= 0.6 is 0 Å². The monoisotopic (exact) mass is 633 g/mol. The second kappa shape index (κ2) is 16.7. The van der Waals surface area contributed by atoms with Crippen molar-refractivity contribution in [1.82, 2.24) is 4.90 Å². The molecule has 3 rings (SSSR count). The average molecular weight is 634 g/mol. The first-order chi connectivity index (χ1) is 21.1. The zero-order chi connectivity index (χ0) is 33.2. The molecule has 0 aromatic heterocycles. The maximum absolute atomic E-state index is 13.4. The number of hydrogen-bond donors (Lipinski definition) is 1. The maximum atomic E-state index is 13.4. The molecule has 0 aliphatic heterocycles. The van der Waals surface area contributed by atoms with Gasteiger partial charge >= 0.3 is 6.18 Å². The molecule has 6 nitrogen and oxygen atoms in total. The van der Waals surface area contributed by atoms with E-state index < -0.39 is 22.4 Å². The van der Waals surface area contributed by atoms with Crippen LogP contribution in [0.25, 0.3) is 0 Å². The van der Waals surface area contributed by atoms with Gasteiger partial charge in [-0.3, -0.25) is 10.1 Å². The van der Waals surface area contributed by atoms with Gasteiger partial charge in [0.1, 0.15) is 5.56 Å². The van der Waals surface area contributed by atoms with E-state index in [2.05, 4.69) is 70.0 Å². The lowest BCUT2D eigenvalue weighted by Gasteiger charge is -2.31. The Labute approximate surface area is 268 Å². The smallest absolute Gasteiger partial charge is 0.423 e. The summed E-state index contributed by atoms with van der Waals surface area (Å²) < 4.78 is 46.5. The number of rotatable bonds is 14. The molecular weight excluding hydrogens is 579 g/mol. The minimum Gasteiger partial charge on any atom is -0.495 e. The van der Waals surface area contributed by atoms with Gasteiger partial charge < -0.3 is 15.0 Å². The second-order valence-corrected chi connectivity index (χ2v) is 14.3. The summed E-state index contributed by atoms with van der Waals surface area (Å²) in [6.45, 7) is 17.3. The van der Waals surface area contributed by atoms with E-state index in [4.69, 9.17) is 4.74 Å². The molecule has 0 saturated heterocycles. The average Bonchev–Trinajstić information content (AvgIpc) is 2.95. The molecular formula is C36H54F3N3O3. The fraction of sp³-hybridized carbons (Fsp3) is 0.667. The lowest BCUT2D eigenvalue weighted by molar-refractivity contribution is -0.388. The standard InChI is InChI=1S/C36H54F3N3O3/c1-7-22-41(25-35(4,5)6)23-21-26(2)11-13-28-9-8-10-31(17-12-27(28)3)45-32-18-14-29(15-19-32)40-30-16-20-34(42(43)44)33(24-30)36(37,38)39/h8-10,16,20,24,26,29,32,40H,7,11-15,17-19,21-23,25H2,1-6H3/b9-8?,28-27?,31-10-. The number of benzene rings is 1. The van der Waals surface area contributed by atoms with Gasteiger partial charge in [0, 0.05) is 30.8 Å². The lowest BCUT2D eigenvalue weighted by Crippen LogP contribution is -2.34. The van der Waals surface area contributed by atoms with Crippen LogP contribution in [0.4, 0.5) is 24.5 Å². The van der Waals surface area contributed by atoms with Gasteiger partial charge in [-0.2, -0.15) is 13.2 Å². The molecule has 0 radical (unpaired) electrons. The van der Waals surface area contributed by atoms with Crippen molar-refractivity contribution in [3.8, 4) is 0 Å². The molecule has 0 heterocycles. The van der Waals surface area contributed by atoms with Crippen LogP contribution in [-0.4, -0.2) is 41.6 Å². The van der Waals surface area contributed by atoms with Crippen LogP contribution in [0.2, 0.25) is 0 Å². The number of allylic oxidation sites excluding steroid dienone is 6. The van der Waals surface area contributed by atoms with Crippen LogP contribution in [0.5, 0.6) is 0 Å². The normalized spacial score (nSPS) is 21.6. The SMILES string of the molecule is CCCN(CCC(C)CCC1=C(C)CC/C(OC2CCC(Nc3ccc([N+](=O)[O-])c(C(F)(F)F)c3)CC2)=C/C=C1)CC(C)(C)C. The Morgan fingerprint density at radius 2 is 1.80 bits per heavy atom. The van der Waals surface area contributed by atoms with Crippen molar-refractivity contribution in [2.45, 2.75) is 124 Å². The molecule has 0 spiro atoms. The van der Waals surface area contributed by atoms with Gasteiger partial charge in [-0.05, 0) is 113 Å². The molecule has 1 N–H and O–H groups in total. The van der Waals surface area contributed by atoms with Gasteiger partial charge in [0.25, 0.3) is 5.69 Å². The highest BCUT2D eigenvalue weighted by molar-refractivity contribution is 5.55. The molecule has 1 fully saturated rings. The highest BCUT2D eigenvalue weighted by Gasteiger charge is 2.38. The Balaban J connectivity index is 1.45. The summed E-state index contributed by atoms with van der Waals surface area (Å²) in [4.78, 5) is 12.7. The molecule has 1 unspecified atom stereocenters. The summed E-state index contributed by atoms with van der Waals surface area (Å²) in [5.74, 6) is 1.66. The van der Waals surface area contributed by atoms with Crippen molar-refractivity contribution in [2.75, 3.05) is 25.0 Å². The number of nitro groups is 1. The predicted octanol–water partition coefficient (Wildman–Crippen LogP) is 10.5. The number of nitro benzene ring substituents is 1. The van der Waals surface area contributed by atoms with E-state index >= 15 is 0 Å². The first-order valence-corrected chi connectivity index (χ1v) is 16.7. The van der Waals surface area contributed by atoms with E-state index in [0.717, 1.165) is 75.9 Å². The van der Waals surface area contributed by atoms with Gasteiger partial charge in [-0.1, -0.05) is 52.3 Å². The summed E-state index contributed by atoms with van der Waals surface area (Å²) in [5, 5.41) is 14.2. The molecule has 2 aliphatic rings. The summed E-state index contributed by atoms with van der Waals surface area (Å²) in [6.07, 6.45) is 11.3. The van der Waals surface area contributed by atoms with Gasteiger partial charge in [0.15, 0.2) is 0 Å². The molecule has 252 valence electrons. The molecule has 9 heteroatoms. The van der Waals surface area contributed by atoms with Crippen molar-refractivity contribution in [3.05, 3.63) is 69.0 Å². The third kappa shape index (κ3) is 12.5. The molecule has 0 bridgehead atoms. The zero-order valence-electron chi connectivity index (χ0n) is 28.1. The highest BCUT2D eigenvalue weighted by atomic mass is 19.4. The van der Waals surface area contributed by atoms with E-state index in [0.29, 0.717) is 11.3 Å². The Morgan fingerprint density at radius 3 is 2.42 bits per heavy atom. The molecule has 2 aliphatic carbocycles. The molecule has 45 heavy (non-hydrogen) atoms. The number of nitrogens with one attached hydrogen (secondary N) is 1. The Kier molecular flexibility index (Phi) is 13.6.